The molecule has 3 aliphatic heterocycles. The zero-order valence-corrected chi connectivity index (χ0v) is 14.3. The molecule has 0 bridgehead atoms. The molecule has 3 atom stereocenters. The Balaban J connectivity index is 1.37. The van der Waals surface area contributed by atoms with Crippen molar-refractivity contribution < 1.29 is 14.4 Å². The van der Waals surface area contributed by atoms with E-state index in [2.05, 4.69) is 16.8 Å². The van der Waals surface area contributed by atoms with Crippen LogP contribution in [0.1, 0.15) is 36.3 Å². The Labute approximate surface area is 140 Å². The zero-order chi connectivity index (χ0) is 15.8. The monoisotopic (exact) mass is 337 g/mol. The van der Waals surface area contributed by atoms with E-state index in [9.17, 15) is 4.79 Å². The molecule has 23 heavy (non-hydrogen) atoms. The maximum atomic E-state index is 12.4. The molecule has 1 amide bonds. The number of aromatic nitrogens is 1. The first kappa shape index (κ1) is 15.5. The largest absolute Gasteiger partial charge is 0.363 e. The van der Waals surface area contributed by atoms with Gasteiger partial charge in [-0.05, 0) is 32.6 Å². The number of hydrogen-bond acceptors (Lipinski definition) is 6. The first-order valence-electron chi connectivity index (χ1n) is 8.45. The van der Waals surface area contributed by atoms with Gasteiger partial charge >= 0.3 is 0 Å². The van der Waals surface area contributed by atoms with Crippen molar-refractivity contribution >= 4 is 17.2 Å². The van der Waals surface area contributed by atoms with Crippen LogP contribution in [-0.2, 0) is 20.9 Å². The van der Waals surface area contributed by atoms with Gasteiger partial charge in [0.2, 0.25) is 0 Å². The van der Waals surface area contributed by atoms with Crippen molar-refractivity contribution in [1.29, 1.82) is 0 Å². The Hall–Kier alpha value is -1.02. The van der Waals surface area contributed by atoms with E-state index in [1.807, 2.05) is 5.51 Å². The van der Waals surface area contributed by atoms with Gasteiger partial charge < -0.3 is 4.74 Å². The summed E-state index contributed by atoms with van der Waals surface area (Å²) in [5.41, 5.74) is 3.05. The number of rotatable bonds is 3. The number of ether oxygens (including phenoxy) is 1. The highest BCUT2D eigenvalue weighted by molar-refractivity contribution is 7.09. The van der Waals surface area contributed by atoms with Crippen LogP contribution in [0.25, 0.3) is 0 Å². The highest BCUT2D eigenvalue weighted by Gasteiger charge is 2.43. The third-order valence-electron chi connectivity index (χ3n) is 5.13. The summed E-state index contributed by atoms with van der Waals surface area (Å²) >= 11 is 1.73. The Morgan fingerprint density at radius 1 is 1.39 bits per heavy atom. The molecule has 1 aromatic heterocycles. The molecular formula is C16H23N3O3S. The van der Waals surface area contributed by atoms with Crippen molar-refractivity contribution in [2.45, 2.75) is 57.4 Å². The van der Waals surface area contributed by atoms with Crippen LogP contribution in [0.15, 0.2) is 5.51 Å². The summed E-state index contributed by atoms with van der Waals surface area (Å²) in [7, 11) is 0. The predicted molar refractivity (Wildman–Crippen MR) is 85.8 cm³/mol. The van der Waals surface area contributed by atoms with Crippen molar-refractivity contribution in [3.8, 4) is 0 Å². The van der Waals surface area contributed by atoms with Gasteiger partial charge in [0.15, 0.2) is 0 Å². The number of hydroxylamine groups is 2. The van der Waals surface area contributed by atoms with Gasteiger partial charge in [-0.25, -0.2) is 10.0 Å². The number of hydrogen-bond donors (Lipinski definition) is 0. The van der Waals surface area contributed by atoms with Crippen molar-refractivity contribution in [3.63, 3.8) is 0 Å². The minimum absolute atomic E-state index is 0.0118. The molecule has 3 saturated heterocycles. The Morgan fingerprint density at radius 3 is 3.04 bits per heavy atom. The topological polar surface area (TPSA) is 54.9 Å². The summed E-state index contributed by atoms with van der Waals surface area (Å²) in [5.74, 6) is 0.0118. The van der Waals surface area contributed by atoms with Gasteiger partial charge in [-0.2, -0.15) is 0 Å². The third kappa shape index (κ3) is 3.03. The Morgan fingerprint density at radius 2 is 2.30 bits per heavy atom. The molecule has 6 nitrogen and oxygen atoms in total. The van der Waals surface area contributed by atoms with Crippen LogP contribution < -0.4 is 0 Å². The van der Waals surface area contributed by atoms with Crippen molar-refractivity contribution in [1.82, 2.24) is 14.9 Å². The van der Waals surface area contributed by atoms with Gasteiger partial charge in [0.1, 0.15) is 6.10 Å². The summed E-state index contributed by atoms with van der Waals surface area (Å²) in [5, 5.41) is 1.50. The van der Waals surface area contributed by atoms with E-state index >= 15 is 0 Å². The molecule has 0 radical (unpaired) electrons. The first-order valence-corrected chi connectivity index (χ1v) is 9.33. The minimum Gasteiger partial charge on any atom is -0.363 e. The molecule has 0 unspecified atom stereocenters. The SMILES string of the molecule is Cc1ncsc1CN1CC[C@@H]2O[C@@H](C(=O)N3CCCO3)CC[C@@H]21. The van der Waals surface area contributed by atoms with E-state index in [0.717, 1.165) is 44.5 Å². The number of likely N-dealkylation sites (tertiary alicyclic amines) is 1. The average molecular weight is 337 g/mol. The summed E-state index contributed by atoms with van der Waals surface area (Å²) in [6.45, 7) is 5.40. The fourth-order valence-corrected chi connectivity index (χ4v) is 4.64. The molecular weight excluding hydrogens is 314 g/mol. The second-order valence-electron chi connectivity index (χ2n) is 6.56. The van der Waals surface area contributed by atoms with Gasteiger partial charge in [-0.3, -0.25) is 14.5 Å². The standard InChI is InChI=1S/C16H23N3O3S/c1-11-15(23-10-17-11)9-18-7-5-13-12(18)3-4-14(22-13)16(20)19-6-2-8-21-19/h10,12-14H,2-9H2,1H3/t12-,13-,14+/m0/s1. The Bertz CT molecular complexity index is 573. The first-order chi connectivity index (χ1) is 11.2. The van der Waals surface area contributed by atoms with Crippen LogP contribution in [0.4, 0.5) is 0 Å². The lowest BCUT2D eigenvalue weighted by Crippen LogP contribution is -2.48. The van der Waals surface area contributed by atoms with Crippen LogP contribution in [0.5, 0.6) is 0 Å². The molecule has 7 heteroatoms. The summed E-state index contributed by atoms with van der Waals surface area (Å²) in [6.07, 6.45) is 3.60. The molecule has 0 aromatic carbocycles. The molecule has 0 saturated carbocycles. The van der Waals surface area contributed by atoms with E-state index < -0.39 is 0 Å². The summed E-state index contributed by atoms with van der Waals surface area (Å²) in [4.78, 5) is 26.0. The lowest BCUT2D eigenvalue weighted by atomic mass is 9.98. The second kappa shape index (κ2) is 6.47. The van der Waals surface area contributed by atoms with Gasteiger partial charge in [0.05, 0.1) is 30.5 Å². The number of amides is 1. The van der Waals surface area contributed by atoms with Crippen LogP contribution in [0.3, 0.4) is 0 Å². The van der Waals surface area contributed by atoms with E-state index in [-0.39, 0.29) is 18.1 Å². The van der Waals surface area contributed by atoms with Gasteiger partial charge in [-0.1, -0.05) is 0 Å². The molecule has 0 N–H and O–H groups in total. The van der Waals surface area contributed by atoms with Gasteiger partial charge in [-0.15, -0.1) is 11.3 Å². The minimum atomic E-state index is -0.320. The molecule has 4 rings (SSSR count). The molecule has 0 aliphatic carbocycles. The number of fused-ring (bicyclic) bond motifs is 1. The zero-order valence-electron chi connectivity index (χ0n) is 13.4. The quantitative estimate of drug-likeness (QED) is 0.841. The van der Waals surface area contributed by atoms with E-state index in [0.29, 0.717) is 19.2 Å². The highest BCUT2D eigenvalue weighted by atomic mass is 32.1. The fraction of sp³-hybridized carbons (Fsp3) is 0.750. The molecule has 3 aliphatic rings. The van der Waals surface area contributed by atoms with Crippen molar-refractivity contribution in [3.05, 3.63) is 16.1 Å². The maximum absolute atomic E-state index is 12.4. The predicted octanol–water partition coefficient (Wildman–Crippen LogP) is 1.74. The van der Waals surface area contributed by atoms with Crippen LogP contribution in [0.2, 0.25) is 0 Å². The smallest absolute Gasteiger partial charge is 0.275 e. The molecule has 0 spiro atoms. The molecule has 1 aromatic rings. The number of nitrogens with zero attached hydrogens (tertiary/aromatic N) is 3. The van der Waals surface area contributed by atoms with Gasteiger partial charge in [0, 0.05) is 24.0 Å². The number of carbonyl (C=O) groups is 1. The van der Waals surface area contributed by atoms with E-state index in [1.54, 1.807) is 11.3 Å². The fourth-order valence-electron chi connectivity index (χ4n) is 3.84. The number of thiazole rings is 1. The van der Waals surface area contributed by atoms with Crippen LogP contribution >= 0.6 is 11.3 Å². The summed E-state index contributed by atoms with van der Waals surface area (Å²) in [6, 6.07) is 0.431. The van der Waals surface area contributed by atoms with Crippen LogP contribution in [0, 0.1) is 6.92 Å². The maximum Gasteiger partial charge on any atom is 0.275 e. The lowest BCUT2D eigenvalue weighted by molar-refractivity contribution is -0.189. The van der Waals surface area contributed by atoms with E-state index in [4.69, 9.17) is 9.57 Å². The Kier molecular flexibility index (Phi) is 4.36. The lowest BCUT2D eigenvalue weighted by Gasteiger charge is -2.36. The number of aryl methyl sites for hydroxylation is 1. The van der Waals surface area contributed by atoms with Crippen LogP contribution in [-0.4, -0.2) is 58.8 Å². The van der Waals surface area contributed by atoms with Crippen molar-refractivity contribution in [2.75, 3.05) is 19.7 Å². The summed E-state index contributed by atoms with van der Waals surface area (Å²) < 4.78 is 6.14. The average Bonchev–Trinajstić information content (AvgIpc) is 3.29. The van der Waals surface area contributed by atoms with Crippen molar-refractivity contribution in [2.24, 2.45) is 0 Å². The molecule has 3 fully saturated rings. The normalized spacial score (nSPS) is 31.5. The molecule has 4 heterocycles. The molecule has 126 valence electrons. The van der Waals surface area contributed by atoms with E-state index in [1.165, 1.54) is 9.94 Å². The highest BCUT2D eigenvalue weighted by Crippen LogP contribution is 2.34. The number of carbonyl (C=O) groups excluding carboxylic acids is 1. The van der Waals surface area contributed by atoms with Gasteiger partial charge in [0.25, 0.3) is 5.91 Å². The second-order valence-corrected chi connectivity index (χ2v) is 7.49. The third-order valence-corrected chi connectivity index (χ3v) is 6.05.